The summed E-state index contributed by atoms with van der Waals surface area (Å²) < 4.78 is 17.6. The number of Topliss-reactive ketones (excluding diaryl/α,β-unsaturated/α-hetero) is 2. The monoisotopic (exact) mass is 1330 g/mol. The summed E-state index contributed by atoms with van der Waals surface area (Å²) in [7, 11) is 4.69. The minimum atomic E-state index is -1.48. The first-order valence-corrected chi connectivity index (χ1v) is 34.5. The van der Waals surface area contributed by atoms with Gasteiger partial charge in [-0.2, -0.15) is 11.8 Å². The number of alkyl carbamates (subject to hydrolysis) is 1. The number of likely N-dealkylation sites (N-methyl/N-ethyl adjacent to an activating group) is 1. The molecule has 4 rings (SSSR count). The maximum Gasteiger partial charge on any atom is 0.408 e. The Morgan fingerprint density at radius 1 is 0.830 bits per heavy atom. The third-order valence-corrected chi connectivity index (χ3v) is 19.4. The molecule has 25 heteroatoms. The number of urea groups is 1. The Kier molecular flexibility index (Phi) is 32.6. The average molecular weight is 1330 g/mol. The van der Waals surface area contributed by atoms with E-state index in [9.17, 15) is 57.8 Å². The minimum absolute atomic E-state index is 0.0726. The van der Waals surface area contributed by atoms with Crippen molar-refractivity contribution in [2.45, 2.75) is 213 Å². The summed E-state index contributed by atoms with van der Waals surface area (Å²) in [5.41, 5.74) is 5.37. The molecule has 2 aliphatic rings. The highest BCUT2D eigenvalue weighted by atomic mass is 32.2. The summed E-state index contributed by atoms with van der Waals surface area (Å²) >= 11 is 1.35. The highest BCUT2D eigenvalue weighted by Crippen LogP contribution is 2.32. The largest absolute Gasteiger partial charge is 0.445 e. The number of nitrogens with one attached hydrogen (secondary N) is 5. The molecule has 0 aliphatic carbocycles. The molecule has 0 saturated carbocycles. The maximum atomic E-state index is 14.7. The molecule has 0 spiro atoms. The molecule has 2 aliphatic heterocycles. The van der Waals surface area contributed by atoms with E-state index in [1.54, 1.807) is 87.2 Å². The Morgan fingerprint density at radius 3 is 2.09 bits per heavy atom. The highest BCUT2D eigenvalue weighted by Gasteiger charge is 2.45. The Bertz CT molecular complexity index is 2860. The van der Waals surface area contributed by atoms with E-state index in [1.165, 1.54) is 44.7 Å². The second kappa shape index (κ2) is 38.6. The van der Waals surface area contributed by atoms with Gasteiger partial charge < -0.3 is 61.4 Å². The van der Waals surface area contributed by atoms with E-state index in [4.69, 9.17) is 19.9 Å². The molecule has 0 bridgehead atoms. The van der Waals surface area contributed by atoms with Crippen LogP contribution in [0, 0.1) is 35.5 Å². The molecule has 524 valence electrons. The van der Waals surface area contributed by atoms with Gasteiger partial charge in [0.05, 0.1) is 65.6 Å². The lowest BCUT2D eigenvalue weighted by molar-refractivity contribution is -0.149. The van der Waals surface area contributed by atoms with Crippen LogP contribution >= 0.6 is 11.8 Å². The van der Waals surface area contributed by atoms with Crippen LogP contribution in [0.15, 0.2) is 54.6 Å². The SMILES string of the molecule is CC[C@H](C)[C@@H]([C@@H](CC(=O)N1CCC[C@H]1[C@H](OC)[C@@H](C)C(=O)N[C@H](C)[C@@H](O)c1ccccc1)OC)N(C)C(=O)[C@@H](CC(=O)C(C)(C)NC(=O)OCc1ccc(NC(=O)[C@H](CCCNC(N)=O)CC(=O)[C@@H](NC(=O)CCCCCN2C(=O)CC(SC)C2=O)C(C)C)cc1)C(C)C. The van der Waals surface area contributed by atoms with Crippen LogP contribution in [0.1, 0.15) is 170 Å². The van der Waals surface area contributed by atoms with Gasteiger partial charge in [-0.3, -0.25) is 48.1 Å². The number of ketones is 2. The molecule has 0 aromatic heterocycles. The van der Waals surface area contributed by atoms with Gasteiger partial charge in [0, 0.05) is 84.1 Å². The molecule has 10 amide bonds. The first kappa shape index (κ1) is 79.5. The van der Waals surface area contributed by atoms with E-state index in [-0.39, 0.29) is 116 Å². The zero-order valence-corrected chi connectivity index (χ0v) is 58.6. The average Bonchev–Trinajstić information content (AvgIpc) is 1.18. The number of aliphatic hydroxyl groups is 1. The van der Waals surface area contributed by atoms with Crippen molar-refractivity contribution in [2.75, 3.05) is 52.5 Å². The number of amides is 10. The first-order valence-electron chi connectivity index (χ1n) is 33.2. The van der Waals surface area contributed by atoms with E-state index >= 15 is 0 Å². The number of aliphatic hydroxyl groups excluding tert-OH is 1. The van der Waals surface area contributed by atoms with Gasteiger partial charge in [-0.25, -0.2) is 9.59 Å². The minimum Gasteiger partial charge on any atom is -0.445 e. The van der Waals surface area contributed by atoms with Gasteiger partial charge in [0.2, 0.25) is 41.4 Å². The van der Waals surface area contributed by atoms with Crippen molar-refractivity contribution in [3.05, 3.63) is 65.7 Å². The van der Waals surface area contributed by atoms with Gasteiger partial charge >= 0.3 is 12.1 Å². The fourth-order valence-electron chi connectivity index (χ4n) is 12.4. The van der Waals surface area contributed by atoms with Crippen LogP contribution in [-0.4, -0.2) is 179 Å². The number of hydrogen-bond donors (Lipinski definition) is 7. The van der Waals surface area contributed by atoms with Crippen molar-refractivity contribution in [3.63, 3.8) is 0 Å². The van der Waals surface area contributed by atoms with Crippen molar-refractivity contribution < 1.29 is 72.1 Å². The van der Waals surface area contributed by atoms with Crippen LogP contribution in [0.3, 0.4) is 0 Å². The number of imide groups is 1. The van der Waals surface area contributed by atoms with Gasteiger partial charge in [0.25, 0.3) is 0 Å². The van der Waals surface area contributed by atoms with Crippen molar-refractivity contribution in [3.8, 4) is 0 Å². The molecular weight excluding hydrogens is 1230 g/mol. The smallest absolute Gasteiger partial charge is 0.408 e. The molecule has 94 heavy (non-hydrogen) atoms. The third kappa shape index (κ3) is 23.4. The molecule has 2 heterocycles. The fraction of sp³-hybridized carbons (Fsp3) is 0.667. The summed E-state index contributed by atoms with van der Waals surface area (Å²) in [6, 6.07) is 12.3. The summed E-state index contributed by atoms with van der Waals surface area (Å²) in [6.07, 6.45) is 2.44. The predicted molar refractivity (Wildman–Crippen MR) is 359 cm³/mol. The van der Waals surface area contributed by atoms with Crippen molar-refractivity contribution in [1.29, 1.82) is 0 Å². The van der Waals surface area contributed by atoms with Crippen LogP contribution in [0.4, 0.5) is 15.3 Å². The summed E-state index contributed by atoms with van der Waals surface area (Å²) in [5.74, 6) is -5.95. The van der Waals surface area contributed by atoms with Gasteiger partial charge in [-0.15, -0.1) is 0 Å². The Morgan fingerprint density at radius 2 is 1.50 bits per heavy atom. The number of nitrogens with two attached hydrogens (primary N) is 1. The number of carbonyl (C=O) groups excluding carboxylic acids is 11. The standard InChI is InChI=1S/C69H107N9O15S/c1-15-43(6)60(53(91-12)38-57(82)77-35-23-27-51(77)62(92-13)44(7)63(85)72-45(8)61(84)47-24-18-16-19-25-47)76(11)65(87)50(41(2)3)37-55(80)69(9,10)75-68(90)93-40-46-29-31-49(32-30-46)73-64(86)48(26-22-33-71-67(70)89)36-52(79)59(42(4)5)74-56(81)28-20-17-21-34-78-58(83)39-54(94-14)66(78)88/h16,18-19,24-25,29-32,41-45,48,50-51,53-54,59-62,84H,15,17,20-23,26-28,33-40H2,1-14H3,(H,72,85)(H,73,86)(H,74,81)(H,75,90)(H3,70,71,89)/t43-,44+,45+,48+,50-,51-,53+,54?,59-,60-,61+,62+/m0/s1. The number of ether oxygens (including phenoxy) is 3. The number of likely N-dealkylation sites (tertiary alicyclic amines) is 2. The lowest BCUT2D eigenvalue weighted by Gasteiger charge is -2.41. The molecule has 2 fully saturated rings. The van der Waals surface area contributed by atoms with E-state index < -0.39 is 89.6 Å². The molecule has 0 radical (unpaired) electrons. The Hall–Kier alpha value is -6.96. The first-order chi connectivity index (χ1) is 44.4. The third-order valence-electron chi connectivity index (χ3n) is 18.4. The molecule has 2 aromatic rings. The van der Waals surface area contributed by atoms with Gasteiger partial charge in [0.1, 0.15) is 6.61 Å². The number of hydrogen-bond acceptors (Lipinski definition) is 16. The molecule has 2 aromatic carbocycles. The number of carbonyl (C=O) groups is 11. The van der Waals surface area contributed by atoms with Crippen LogP contribution < -0.4 is 32.3 Å². The second-order valence-corrected chi connectivity index (χ2v) is 27.5. The van der Waals surface area contributed by atoms with E-state index in [1.807, 2.05) is 45.9 Å². The molecule has 1 unspecified atom stereocenters. The van der Waals surface area contributed by atoms with Crippen LogP contribution in [0.25, 0.3) is 0 Å². The normalized spacial score (nSPS) is 18.2. The van der Waals surface area contributed by atoms with Crippen molar-refractivity contribution in [2.24, 2.45) is 41.2 Å². The fourth-order valence-corrected chi connectivity index (χ4v) is 13.0. The highest BCUT2D eigenvalue weighted by molar-refractivity contribution is 8.00. The van der Waals surface area contributed by atoms with Gasteiger partial charge in [-0.05, 0) is 107 Å². The predicted octanol–water partition coefficient (Wildman–Crippen LogP) is 7.24. The van der Waals surface area contributed by atoms with Gasteiger partial charge in [0.15, 0.2) is 11.6 Å². The van der Waals surface area contributed by atoms with Gasteiger partial charge in [-0.1, -0.05) is 104 Å². The quantitative estimate of drug-likeness (QED) is 0.0255. The van der Waals surface area contributed by atoms with Crippen LogP contribution in [-0.2, 0) is 64.0 Å². The zero-order valence-electron chi connectivity index (χ0n) is 57.8. The number of nitrogens with zero attached hydrogens (tertiary/aromatic N) is 3. The van der Waals surface area contributed by atoms with E-state index in [0.717, 1.165) is 0 Å². The Labute approximate surface area is 560 Å². The summed E-state index contributed by atoms with van der Waals surface area (Å²) in [5, 5.41) is 24.4. The van der Waals surface area contributed by atoms with E-state index in [0.29, 0.717) is 74.8 Å². The number of thioether (sulfide) groups is 1. The maximum absolute atomic E-state index is 14.7. The molecule has 24 nitrogen and oxygen atoms in total. The molecule has 2 saturated heterocycles. The number of methoxy groups -OCH3 is 2. The van der Waals surface area contributed by atoms with Crippen molar-refractivity contribution in [1.82, 2.24) is 36.0 Å². The number of rotatable bonds is 40. The van der Waals surface area contributed by atoms with Crippen molar-refractivity contribution >= 4 is 82.5 Å². The lowest BCUT2D eigenvalue weighted by atomic mass is 9.83. The number of anilines is 1. The molecule has 8 N–H and O–H groups in total. The molecule has 12 atom stereocenters. The Balaban J connectivity index is 1.33. The lowest BCUT2D eigenvalue weighted by Crippen LogP contribution is -2.55. The van der Waals surface area contributed by atoms with Crippen LogP contribution in [0.2, 0.25) is 0 Å². The van der Waals surface area contributed by atoms with Crippen LogP contribution in [0.5, 0.6) is 0 Å². The number of unbranched alkanes of at least 4 members (excludes halogenated alkanes) is 2. The zero-order chi connectivity index (χ0) is 70.1. The second-order valence-electron chi connectivity index (χ2n) is 26.4. The number of benzene rings is 2. The summed E-state index contributed by atoms with van der Waals surface area (Å²) in [4.78, 5) is 152. The topological polar surface area (TPSA) is 332 Å². The van der Waals surface area contributed by atoms with E-state index in [2.05, 4.69) is 26.6 Å². The number of primary amides is 1. The molecular formula is C69H107N9O15S. The summed E-state index contributed by atoms with van der Waals surface area (Å²) in [6.45, 7) is 18.5.